The molecule has 0 bridgehead atoms. The zero-order valence-corrected chi connectivity index (χ0v) is 9.83. The Hall–Kier alpha value is -0.640. The molecule has 0 spiro atoms. The van der Waals surface area contributed by atoms with Crippen LogP contribution >= 0.6 is 0 Å². The van der Waals surface area contributed by atoms with Crippen molar-refractivity contribution in [3.05, 3.63) is 20.8 Å². The largest absolute Gasteiger partial charge is 0.748 e. The van der Waals surface area contributed by atoms with Crippen LogP contribution in [0.2, 0.25) is 0 Å². The van der Waals surface area contributed by atoms with Gasteiger partial charge in [0.25, 0.3) is 0 Å². The molecule has 0 aliphatic carbocycles. The van der Waals surface area contributed by atoms with Crippen LogP contribution in [0.25, 0.3) is 0 Å². The Balaban J connectivity index is 2.90. The molecule has 0 unspecified atom stereocenters. The molecule has 0 aromatic heterocycles. The summed E-state index contributed by atoms with van der Waals surface area (Å²) in [5.41, 5.74) is 0. The van der Waals surface area contributed by atoms with Gasteiger partial charge in [-0.2, -0.15) is 41.4 Å². The second-order valence-electron chi connectivity index (χ2n) is 3.60. The van der Waals surface area contributed by atoms with Crippen molar-refractivity contribution >= 4 is 0 Å². The van der Waals surface area contributed by atoms with Gasteiger partial charge in [-0.15, -0.1) is 0 Å². The van der Waals surface area contributed by atoms with Crippen LogP contribution in [0.3, 0.4) is 0 Å². The molecule has 16 nitrogen and oxygen atoms in total. The lowest BCUT2D eigenvalue weighted by molar-refractivity contribution is -0.361. The average Bonchev–Trinajstić information content (AvgIpc) is 2.26. The lowest BCUT2D eigenvalue weighted by Crippen LogP contribution is -2.63. The molecule has 120 valence electrons. The summed E-state index contributed by atoms with van der Waals surface area (Å²) in [5, 5.41) is 77.1. The van der Waals surface area contributed by atoms with Crippen molar-refractivity contribution < 1.29 is 20.8 Å². The van der Waals surface area contributed by atoms with Gasteiger partial charge in [-0.1, -0.05) is 0 Å². The van der Waals surface area contributed by atoms with Crippen molar-refractivity contribution in [3.8, 4) is 0 Å². The lowest BCUT2D eigenvalue weighted by atomic mass is 10.7. The fraction of sp³-hybridized carbons (Fsp3) is 1.00. The van der Waals surface area contributed by atoms with Gasteiger partial charge < -0.3 is 41.7 Å². The molecule has 20 heavy (non-hydrogen) atoms. The summed E-state index contributed by atoms with van der Waals surface area (Å²) in [6.45, 7) is -3.08. The molecular weight excluding hydrogens is 288 g/mol. The molecule has 1 aliphatic rings. The van der Waals surface area contributed by atoms with Crippen LogP contribution in [0.1, 0.15) is 0 Å². The normalized spacial score (nSPS) is 22.2. The third-order valence-electron chi connectivity index (χ3n) is 2.27. The highest BCUT2D eigenvalue weighted by atomic mass is 16.9. The van der Waals surface area contributed by atoms with Gasteiger partial charge in [-0.3, -0.25) is 0 Å². The number of hydrogen-bond donors (Lipinski definition) is 4. The Labute approximate surface area is 111 Å². The summed E-state index contributed by atoms with van der Waals surface area (Å²) in [6.07, 6.45) is 0. The maximum Gasteiger partial charge on any atom is 0.0841 e. The van der Waals surface area contributed by atoms with Crippen molar-refractivity contribution in [1.29, 1.82) is 0 Å². The van der Waals surface area contributed by atoms with E-state index in [-0.39, 0.29) is 0 Å². The number of hydrazine groups is 4. The summed E-state index contributed by atoms with van der Waals surface area (Å²) in [4.78, 5) is 0. The first-order valence-electron chi connectivity index (χ1n) is 4.86. The molecule has 16 heteroatoms. The van der Waals surface area contributed by atoms with Gasteiger partial charge in [0.1, 0.15) is 0 Å². The van der Waals surface area contributed by atoms with Gasteiger partial charge in [0.2, 0.25) is 0 Å². The first-order valence-corrected chi connectivity index (χ1v) is 4.86. The zero-order valence-electron chi connectivity index (χ0n) is 9.83. The Bertz CT molecular complexity index is 228. The van der Waals surface area contributed by atoms with Crippen LogP contribution in [0.4, 0.5) is 0 Å². The second-order valence-corrected chi connectivity index (χ2v) is 3.60. The van der Waals surface area contributed by atoms with Crippen molar-refractivity contribution in [2.24, 2.45) is 0 Å². The smallest absolute Gasteiger partial charge is 0.0841 e. The molecule has 0 amide bonds. The zero-order chi connectivity index (χ0) is 15.4. The SMILES string of the molecule is [O-]N(O)N1CN(N([O-])O)CN(N([O-])O)CN(N([O-])O)C1. The van der Waals surface area contributed by atoms with Crippen LogP contribution < -0.4 is 0 Å². The molecule has 0 radical (unpaired) electrons. The molecular formula is C4H12N8O8-4. The minimum Gasteiger partial charge on any atom is -0.748 e. The van der Waals surface area contributed by atoms with Crippen molar-refractivity contribution in [3.63, 3.8) is 0 Å². The van der Waals surface area contributed by atoms with E-state index in [4.69, 9.17) is 20.8 Å². The summed E-state index contributed by atoms with van der Waals surface area (Å²) in [6, 6.07) is 0. The Kier molecular flexibility index (Phi) is 6.44. The number of nitrogens with zero attached hydrogens (tertiary/aromatic N) is 8. The maximum atomic E-state index is 10.8. The van der Waals surface area contributed by atoms with Gasteiger partial charge in [0.15, 0.2) is 0 Å². The average molecular weight is 300 g/mol. The summed E-state index contributed by atoms with van der Waals surface area (Å²) < 4.78 is 0. The number of hydrogen-bond acceptors (Lipinski definition) is 16. The first kappa shape index (κ1) is 17.4. The molecule has 4 N–H and O–H groups in total. The van der Waals surface area contributed by atoms with E-state index in [9.17, 15) is 20.8 Å². The molecule has 1 rings (SSSR count). The predicted octanol–water partition coefficient (Wildman–Crippen LogP) is -2.55. The molecule has 1 saturated heterocycles. The van der Waals surface area contributed by atoms with Gasteiger partial charge in [-0.05, 0) is 0 Å². The fourth-order valence-electron chi connectivity index (χ4n) is 1.37. The number of rotatable bonds is 4. The minimum absolute atomic E-state index is 0.409. The van der Waals surface area contributed by atoms with Gasteiger partial charge in [0.05, 0.1) is 26.7 Å². The maximum absolute atomic E-state index is 10.8. The van der Waals surface area contributed by atoms with E-state index in [2.05, 4.69) is 0 Å². The van der Waals surface area contributed by atoms with Gasteiger partial charge in [-0.25, -0.2) is 0 Å². The third-order valence-corrected chi connectivity index (χ3v) is 2.27. The third kappa shape index (κ3) is 4.72. The summed E-state index contributed by atoms with van der Waals surface area (Å²) >= 11 is 0. The minimum atomic E-state index is -0.769. The quantitative estimate of drug-likeness (QED) is 0.395. The predicted molar refractivity (Wildman–Crippen MR) is 54.8 cm³/mol. The topological polar surface area (TPSA) is 199 Å². The van der Waals surface area contributed by atoms with E-state index in [0.29, 0.717) is 20.0 Å². The molecule has 0 aromatic rings. The van der Waals surface area contributed by atoms with Crippen molar-refractivity contribution in [2.45, 2.75) is 0 Å². The van der Waals surface area contributed by atoms with E-state index >= 15 is 0 Å². The van der Waals surface area contributed by atoms with Crippen molar-refractivity contribution in [2.75, 3.05) is 26.7 Å². The summed E-state index contributed by atoms with van der Waals surface area (Å²) in [5.74, 6) is 0. The Morgan fingerprint density at radius 2 is 0.650 bits per heavy atom. The van der Waals surface area contributed by atoms with Crippen LogP contribution in [0.5, 0.6) is 0 Å². The van der Waals surface area contributed by atoms with E-state index in [1.54, 1.807) is 0 Å². The first-order chi connectivity index (χ1) is 9.22. The molecule has 0 saturated carbocycles. The standard InChI is InChI=1S/C4H12N8O8/c13-9(14)5-1-6(10(15)16)3-8(12(19)20)4-7(2-5)11(17)18/h13,15,17,19H,1-4H2/q-4. The molecule has 1 aliphatic heterocycles. The van der Waals surface area contributed by atoms with Crippen LogP contribution in [0, 0.1) is 20.8 Å². The summed E-state index contributed by atoms with van der Waals surface area (Å²) in [7, 11) is 0. The van der Waals surface area contributed by atoms with Gasteiger partial charge in [0, 0.05) is 0 Å². The van der Waals surface area contributed by atoms with Crippen molar-refractivity contribution in [1.82, 2.24) is 41.4 Å². The Morgan fingerprint density at radius 1 is 0.500 bits per heavy atom. The van der Waals surface area contributed by atoms with E-state index in [1.165, 1.54) is 0 Å². The Morgan fingerprint density at radius 3 is 0.750 bits per heavy atom. The monoisotopic (exact) mass is 300 g/mol. The highest BCUT2D eigenvalue weighted by Crippen LogP contribution is 2.10. The fourth-order valence-corrected chi connectivity index (χ4v) is 1.37. The van der Waals surface area contributed by atoms with Crippen LogP contribution in [0.15, 0.2) is 0 Å². The van der Waals surface area contributed by atoms with E-state index in [0.717, 1.165) is 0 Å². The highest BCUT2D eigenvalue weighted by Gasteiger charge is 2.25. The molecule has 0 aromatic carbocycles. The van der Waals surface area contributed by atoms with E-state index in [1.807, 2.05) is 0 Å². The van der Waals surface area contributed by atoms with Crippen LogP contribution in [-0.2, 0) is 0 Å². The molecule has 1 fully saturated rings. The van der Waals surface area contributed by atoms with Crippen LogP contribution in [-0.4, -0.2) is 88.9 Å². The second kappa shape index (κ2) is 7.39. The molecule has 1 heterocycles. The van der Waals surface area contributed by atoms with E-state index < -0.39 is 48.0 Å². The lowest BCUT2D eigenvalue weighted by Gasteiger charge is -2.51. The highest BCUT2D eigenvalue weighted by molar-refractivity contribution is 4.61. The molecule has 0 atom stereocenters. The van der Waals surface area contributed by atoms with Gasteiger partial charge >= 0.3 is 0 Å².